The Balaban J connectivity index is 2.10. The first-order valence-corrected chi connectivity index (χ1v) is 20.4. The molecule has 3 rings (SSSR count). The zero-order valence-corrected chi connectivity index (χ0v) is 21.7. The van der Waals surface area contributed by atoms with E-state index in [1.54, 1.807) is 0 Å². The van der Waals surface area contributed by atoms with Gasteiger partial charge >= 0.3 is 0 Å². The zero-order chi connectivity index (χ0) is 20.9. The Labute approximate surface area is 171 Å². The average Bonchev–Trinajstić information content (AvgIpc) is 3.26. The predicted octanol–water partition coefficient (Wildman–Crippen LogP) is 2.46. The van der Waals surface area contributed by atoms with E-state index in [1.165, 1.54) is 15.6 Å². The largest absolute Gasteiger partial charge is 0.238 e. The Morgan fingerprint density at radius 2 is 0.786 bits per heavy atom. The fraction of sp³-hybridized carbons (Fsp3) is 0.526. The van der Waals surface area contributed by atoms with Gasteiger partial charge in [0.2, 0.25) is 6.29 Å². The molecule has 0 amide bonds. The molecule has 152 valence electrons. The van der Waals surface area contributed by atoms with Crippen molar-refractivity contribution < 1.29 is 0 Å². The summed E-state index contributed by atoms with van der Waals surface area (Å²) < 4.78 is 6.03. The van der Waals surface area contributed by atoms with Crippen molar-refractivity contribution in [2.45, 2.75) is 65.2 Å². The molecule has 0 aliphatic heterocycles. The van der Waals surface area contributed by atoms with Crippen LogP contribution in [0.15, 0.2) is 37.2 Å². The highest BCUT2D eigenvalue weighted by Gasteiger charge is 2.27. The molecule has 3 heterocycles. The lowest BCUT2D eigenvalue weighted by Gasteiger charge is -2.20. The number of aromatic nitrogens is 6. The normalized spacial score (nSPS) is 13.5. The topological polar surface area (TPSA) is 53.5 Å². The second-order valence-corrected chi connectivity index (χ2v) is 26.0. The number of nitrogens with zero attached hydrogens (tertiary/aromatic N) is 6. The third-order valence-corrected chi connectivity index (χ3v) is 11.1. The third-order valence-electron chi connectivity index (χ3n) is 5.11. The molecule has 0 aromatic carbocycles. The van der Waals surface area contributed by atoms with Crippen molar-refractivity contribution >= 4 is 39.8 Å². The first-order chi connectivity index (χ1) is 12.8. The molecule has 0 aliphatic carbocycles. The van der Waals surface area contributed by atoms with Gasteiger partial charge in [-0.1, -0.05) is 58.9 Å². The maximum atomic E-state index is 4.73. The quantitative estimate of drug-likeness (QED) is 0.565. The summed E-state index contributed by atoms with van der Waals surface area (Å²) in [5, 5.41) is 18.2. The lowest BCUT2D eigenvalue weighted by atomic mass is 10.6. The van der Waals surface area contributed by atoms with Gasteiger partial charge in [-0.25, -0.2) is 14.0 Å². The minimum Gasteiger partial charge on any atom is -0.228 e. The van der Waals surface area contributed by atoms with E-state index in [0.717, 1.165) is 0 Å². The number of hydrogen-bond acceptors (Lipinski definition) is 3. The summed E-state index contributed by atoms with van der Waals surface area (Å²) >= 11 is 0. The van der Waals surface area contributed by atoms with Crippen molar-refractivity contribution in [3.05, 3.63) is 37.2 Å². The third kappa shape index (κ3) is 4.31. The SMILES string of the molecule is C[Si](C)(C)c1cnn(C(n2cc([Si](C)(C)C)cn2)n2cc([Si](C)(C)C)cn2)c1. The molecule has 0 saturated heterocycles. The van der Waals surface area contributed by atoms with Crippen molar-refractivity contribution in [3.63, 3.8) is 0 Å². The van der Waals surface area contributed by atoms with Crippen LogP contribution in [0.2, 0.25) is 58.9 Å². The van der Waals surface area contributed by atoms with Crippen molar-refractivity contribution in [1.29, 1.82) is 0 Å². The van der Waals surface area contributed by atoms with Gasteiger partial charge in [0.05, 0.1) is 24.2 Å². The van der Waals surface area contributed by atoms with E-state index >= 15 is 0 Å². The fourth-order valence-electron chi connectivity index (χ4n) is 2.92. The van der Waals surface area contributed by atoms with Gasteiger partial charge in [0.1, 0.15) is 0 Å². The molecule has 28 heavy (non-hydrogen) atoms. The summed E-state index contributed by atoms with van der Waals surface area (Å²) in [6.07, 6.45) is 12.4. The molecule has 0 fully saturated rings. The van der Waals surface area contributed by atoms with Crippen LogP contribution in [0.5, 0.6) is 0 Å². The van der Waals surface area contributed by atoms with Gasteiger partial charge in [-0.2, -0.15) is 15.3 Å². The van der Waals surface area contributed by atoms with Gasteiger partial charge in [-0.05, 0) is 15.6 Å². The molecule has 9 heteroatoms. The van der Waals surface area contributed by atoms with E-state index in [2.05, 4.69) is 77.5 Å². The Kier molecular flexibility index (Phi) is 5.22. The minimum atomic E-state index is -1.44. The molecule has 3 aromatic rings. The fourth-order valence-corrected chi connectivity index (χ4v) is 5.81. The second kappa shape index (κ2) is 6.96. The maximum Gasteiger partial charge on any atom is 0.238 e. The zero-order valence-electron chi connectivity index (χ0n) is 18.7. The summed E-state index contributed by atoms with van der Waals surface area (Å²) in [5.41, 5.74) is 0. The van der Waals surface area contributed by atoms with Gasteiger partial charge in [0, 0.05) is 37.2 Å². The summed E-state index contributed by atoms with van der Waals surface area (Å²) in [5.74, 6) is 0. The van der Waals surface area contributed by atoms with Gasteiger partial charge in [0.15, 0.2) is 0 Å². The van der Waals surface area contributed by atoms with Crippen LogP contribution in [0.1, 0.15) is 6.29 Å². The van der Waals surface area contributed by atoms with Crippen LogP contribution < -0.4 is 15.6 Å². The molecule has 0 radical (unpaired) electrons. The monoisotopic (exact) mass is 430 g/mol. The summed E-state index contributed by atoms with van der Waals surface area (Å²) in [6, 6.07) is 0. The van der Waals surface area contributed by atoms with Crippen LogP contribution in [0.25, 0.3) is 0 Å². The van der Waals surface area contributed by atoms with Gasteiger partial charge < -0.3 is 0 Å². The lowest BCUT2D eigenvalue weighted by molar-refractivity contribution is 0.285. The van der Waals surface area contributed by atoms with E-state index in [-0.39, 0.29) is 6.29 Å². The van der Waals surface area contributed by atoms with E-state index in [0.29, 0.717) is 0 Å². The molecule has 3 aromatic heterocycles. The molecular formula is C19H34N6Si3. The Hall–Kier alpha value is -1.72. The van der Waals surface area contributed by atoms with Gasteiger partial charge in [-0.15, -0.1) is 0 Å². The summed E-state index contributed by atoms with van der Waals surface area (Å²) in [4.78, 5) is 0. The Bertz CT molecular complexity index is 825. The van der Waals surface area contributed by atoms with Crippen molar-refractivity contribution in [3.8, 4) is 0 Å². The van der Waals surface area contributed by atoms with E-state index in [9.17, 15) is 0 Å². The van der Waals surface area contributed by atoms with Gasteiger partial charge in [0.25, 0.3) is 0 Å². The maximum absolute atomic E-state index is 4.73. The first kappa shape index (κ1) is 21.0. The van der Waals surface area contributed by atoms with Crippen LogP contribution in [-0.2, 0) is 0 Å². The molecule has 0 saturated carbocycles. The first-order valence-electron chi connectivity index (χ1n) is 9.91. The number of rotatable bonds is 6. The molecule has 0 aliphatic rings. The molecule has 6 nitrogen and oxygen atoms in total. The number of hydrogen-bond donors (Lipinski definition) is 0. The standard InChI is InChI=1S/C19H34N6Si3/c1-26(2,3)16-10-20-23(13-16)19(24-14-17(11-21-24)27(4,5)6)25-15-18(12-22-25)28(7,8)9/h10-15,19H,1-9H3. The van der Waals surface area contributed by atoms with E-state index < -0.39 is 24.2 Å². The van der Waals surface area contributed by atoms with Crippen LogP contribution in [-0.4, -0.2) is 53.6 Å². The van der Waals surface area contributed by atoms with Crippen LogP contribution in [0.4, 0.5) is 0 Å². The highest BCUT2D eigenvalue weighted by Crippen LogP contribution is 2.13. The second-order valence-electron chi connectivity index (χ2n) is 10.7. The van der Waals surface area contributed by atoms with E-state index in [4.69, 9.17) is 15.3 Å². The van der Waals surface area contributed by atoms with Crippen molar-refractivity contribution in [1.82, 2.24) is 29.3 Å². The lowest BCUT2D eigenvalue weighted by Crippen LogP contribution is -2.38. The molecular weight excluding hydrogens is 397 g/mol. The summed E-state index contributed by atoms with van der Waals surface area (Å²) in [6.45, 7) is 21.1. The average molecular weight is 431 g/mol. The van der Waals surface area contributed by atoms with Crippen LogP contribution in [0.3, 0.4) is 0 Å². The molecule has 0 unspecified atom stereocenters. The van der Waals surface area contributed by atoms with Crippen LogP contribution >= 0.6 is 0 Å². The molecule has 0 spiro atoms. The molecule has 0 bridgehead atoms. The Morgan fingerprint density at radius 1 is 0.536 bits per heavy atom. The van der Waals surface area contributed by atoms with Crippen LogP contribution in [0, 0.1) is 0 Å². The van der Waals surface area contributed by atoms with E-state index in [1.807, 2.05) is 32.6 Å². The Morgan fingerprint density at radius 3 is 0.964 bits per heavy atom. The molecule has 0 N–H and O–H groups in total. The highest BCUT2D eigenvalue weighted by molar-refractivity contribution is 6.89. The van der Waals surface area contributed by atoms with Gasteiger partial charge in [-0.3, -0.25) is 0 Å². The highest BCUT2D eigenvalue weighted by atomic mass is 28.3. The predicted molar refractivity (Wildman–Crippen MR) is 125 cm³/mol. The van der Waals surface area contributed by atoms with Crippen molar-refractivity contribution in [2.75, 3.05) is 0 Å². The smallest absolute Gasteiger partial charge is 0.228 e. The van der Waals surface area contributed by atoms with Crippen molar-refractivity contribution in [2.24, 2.45) is 0 Å². The minimum absolute atomic E-state index is 0.222. The summed E-state index contributed by atoms with van der Waals surface area (Å²) in [7, 11) is -4.32. The molecule has 0 atom stereocenters.